The molecule has 1 unspecified atom stereocenters. The van der Waals surface area contributed by atoms with E-state index < -0.39 is 0 Å². The van der Waals surface area contributed by atoms with Crippen LogP contribution >= 0.6 is 34.7 Å². The van der Waals surface area contributed by atoms with Gasteiger partial charge in [-0.25, -0.2) is 9.07 Å². The zero-order valence-electron chi connectivity index (χ0n) is 20.0. The number of halogens is 2. The molecule has 3 heterocycles. The van der Waals surface area contributed by atoms with Crippen LogP contribution in [0.3, 0.4) is 0 Å². The topological polar surface area (TPSA) is 67.2 Å². The van der Waals surface area contributed by atoms with Gasteiger partial charge in [0, 0.05) is 12.1 Å². The van der Waals surface area contributed by atoms with E-state index in [9.17, 15) is 14.0 Å². The predicted molar refractivity (Wildman–Crippen MR) is 148 cm³/mol. The summed E-state index contributed by atoms with van der Waals surface area (Å²) in [5.41, 5.74) is 2.92. The van der Waals surface area contributed by atoms with Gasteiger partial charge < -0.3 is 5.32 Å². The summed E-state index contributed by atoms with van der Waals surface area (Å²) in [4.78, 5) is 28.9. The number of fused-ring (bicyclic) bond motifs is 1. The zero-order valence-corrected chi connectivity index (χ0v) is 22.4. The van der Waals surface area contributed by atoms with E-state index in [0.29, 0.717) is 28.8 Å². The first kappa shape index (κ1) is 25.5. The maximum absolute atomic E-state index is 13.8. The fourth-order valence-electron chi connectivity index (χ4n) is 4.27. The Morgan fingerprint density at radius 1 is 1.16 bits per heavy atom. The fourth-order valence-corrected chi connectivity index (χ4v) is 6.41. The van der Waals surface area contributed by atoms with Gasteiger partial charge in [0.15, 0.2) is 0 Å². The summed E-state index contributed by atoms with van der Waals surface area (Å²) >= 11 is 9.59. The molecule has 0 aliphatic carbocycles. The Hall–Kier alpha value is -3.14. The highest BCUT2D eigenvalue weighted by atomic mass is 35.5. The smallest absolute Gasteiger partial charge is 0.240 e. The number of carbonyl (C=O) groups is 2. The number of rotatable bonds is 7. The molecule has 1 aliphatic heterocycles. The number of amides is 2. The zero-order chi connectivity index (χ0) is 25.9. The van der Waals surface area contributed by atoms with E-state index >= 15 is 0 Å². The Kier molecular flexibility index (Phi) is 7.64. The number of thioether (sulfide) groups is 1. The van der Waals surface area contributed by atoms with Gasteiger partial charge in [-0.05, 0) is 47.7 Å². The normalized spacial score (nSPS) is 15.4. The molecular weight excluding hydrogens is 531 g/mol. The molecule has 1 aliphatic rings. The summed E-state index contributed by atoms with van der Waals surface area (Å²) in [6.45, 7) is 2.34. The number of nitrogens with one attached hydrogen (secondary N) is 1. The van der Waals surface area contributed by atoms with Crippen LogP contribution in [0.5, 0.6) is 0 Å². The summed E-state index contributed by atoms with van der Waals surface area (Å²) < 4.78 is 15.5. The van der Waals surface area contributed by atoms with Crippen LogP contribution in [0.15, 0.2) is 66.0 Å². The molecule has 5 rings (SSSR count). The number of para-hydroxylation sites is 1. The van der Waals surface area contributed by atoms with Crippen molar-refractivity contribution in [2.45, 2.75) is 18.6 Å². The van der Waals surface area contributed by atoms with E-state index in [0.717, 1.165) is 22.4 Å². The molecule has 1 atom stereocenters. The molecule has 0 saturated heterocycles. The predicted octanol–water partition coefficient (Wildman–Crippen LogP) is 6.09. The van der Waals surface area contributed by atoms with Crippen molar-refractivity contribution in [3.05, 3.63) is 88.0 Å². The van der Waals surface area contributed by atoms with Crippen LogP contribution in [-0.2, 0) is 9.59 Å². The molecule has 0 spiro atoms. The standard InChI is InChI=1S/C27H24ClFN4O2S2/c1-2-13-30-22(34)15-32-23(35)16-37-26(17-9-11-18(29)12-10-17)24-25(21-8-5-14-36-21)31-33(27(24)32)20-7-4-3-6-19(20)28/h3-12,14,26H,2,13,15-16H2,1H3,(H,30,34). The highest BCUT2D eigenvalue weighted by Gasteiger charge is 2.38. The van der Waals surface area contributed by atoms with Gasteiger partial charge in [0.1, 0.15) is 23.9 Å². The highest BCUT2D eigenvalue weighted by Crippen LogP contribution is 2.49. The molecule has 2 aromatic heterocycles. The van der Waals surface area contributed by atoms with Crippen molar-refractivity contribution in [3.8, 4) is 16.3 Å². The number of thiophene rings is 1. The van der Waals surface area contributed by atoms with Crippen LogP contribution in [0.4, 0.5) is 10.2 Å². The lowest BCUT2D eigenvalue weighted by molar-refractivity contribution is -0.122. The summed E-state index contributed by atoms with van der Waals surface area (Å²) in [5.74, 6) is -0.167. The van der Waals surface area contributed by atoms with Gasteiger partial charge >= 0.3 is 0 Å². The van der Waals surface area contributed by atoms with Crippen LogP contribution in [0.25, 0.3) is 16.3 Å². The van der Waals surface area contributed by atoms with Crippen molar-refractivity contribution in [1.82, 2.24) is 15.1 Å². The van der Waals surface area contributed by atoms with Gasteiger partial charge in [0.25, 0.3) is 0 Å². The number of anilines is 1. The van der Waals surface area contributed by atoms with Crippen molar-refractivity contribution in [1.29, 1.82) is 0 Å². The fraction of sp³-hybridized carbons (Fsp3) is 0.222. The Bertz CT molecular complexity index is 1420. The van der Waals surface area contributed by atoms with Crippen molar-refractivity contribution < 1.29 is 14.0 Å². The molecule has 37 heavy (non-hydrogen) atoms. The molecular formula is C27H24ClFN4O2S2. The SMILES string of the molecule is CCCNC(=O)CN1C(=O)CSC(c2ccc(F)cc2)c2c(-c3cccs3)nn(-c3ccccc3Cl)c21. The summed E-state index contributed by atoms with van der Waals surface area (Å²) in [6.07, 6.45) is 0.785. The Balaban J connectivity index is 1.78. The lowest BCUT2D eigenvalue weighted by Gasteiger charge is -2.23. The first-order valence-electron chi connectivity index (χ1n) is 11.8. The molecule has 0 saturated carbocycles. The monoisotopic (exact) mass is 554 g/mol. The van der Waals surface area contributed by atoms with Gasteiger partial charge in [0.2, 0.25) is 11.8 Å². The molecule has 0 radical (unpaired) electrons. The number of nitrogens with zero attached hydrogens (tertiary/aromatic N) is 3. The summed E-state index contributed by atoms with van der Waals surface area (Å²) in [7, 11) is 0. The van der Waals surface area contributed by atoms with E-state index in [-0.39, 0.29) is 35.2 Å². The van der Waals surface area contributed by atoms with Gasteiger partial charge in [0.05, 0.1) is 26.6 Å². The van der Waals surface area contributed by atoms with Crippen LogP contribution in [-0.4, -0.2) is 40.4 Å². The van der Waals surface area contributed by atoms with Crippen LogP contribution in [0, 0.1) is 5.82 Å². The number of aromatic nitrogens is 2. The summed E-state index contributed by atoms with van der Waals surface area (Å²) in [5, 5.41) is 9.96. The third-order valence-electron chi connectivity index (χ3n) is 5.97. The van der Waals surface area contributed by atoms with Crippen molar-refractivity contribution in [3.63, 3.8) is 0 Å². The van der Waals surface area contributed by atoms with E-state index in [1.54, 1.807) is 22.9 Å². The average molecular weight is 555 g/mol. The Labute approximate surface area is 227 Å². The lowest BCUT2D eigenvalue weighted by atomic mass is 10.0. The Morgan fingerprint density at radius 2 is 1.95 bits per heavy atom. The van der Waals surface area contributed by atoms with Crippen molar-refractivity contribution in [2.75, 3.05) is 23.7 Å². The number of carbonyl (C=O) groups excluding carboxylic acids is 2. The highest BCUT2D eigenvalue weighted by molar-refractivity contribution is 8.00. The number of hydrogen-bond acceptors (Lipinski definition) is 5. The molecule has 4 aromatic rings. The van der Waals surface area contributed by atoms with E-state index in [2.05, 4.69) is 5.32 Å². The molecule has 2 aromatic carbocycles. The van der Waals surface area contributed by atoms with Gasteiger partial charge in [-0.3, -0.25) is 14.5 Å². The molecule has 0 fully saturated rings. The second kappa shape index (κ2) is 11.1. The number of benzene rings is 2. The maximum atomic E-state index is 13.8. The van der Waals surface area contributed by atoms with Crippen LogP contribution < -0.4 is 10.2 Å². The molecule has 2 amide bonds. The van der Waals surface area contributed by atoms with E-state index in [4.69, 9.17) is 16.7 Å². The third-order valence-corrected chi connectivity index (χ3v) is 8.42. The quantitative estimate of drug-likeness (QED) is 0.300. The van der Waals surface area contributed by atoms with Gasteiger partial charge in [-0.2, -0.15) is 5.10 Å². The van der Waals surface area contributed by atoms with Gasteiger partial charge in [-0.15, -0.1) is 23.1 Å². The molecule has 190 valence electrons. The third kappa shape index (κ3) is 5.16. The maximum Gasteiger partial charge on any atom is 0.240 e. The number of hydrogen-bond donors (Lipinski definition) is 1. The average Bonchev–Trinajstić information content (AvgIpc) is 3.53. The van der Waals surface area contributed by atoms with E-state index in [1.165, 1.54) is 40.1 Å². The minimum absolute atomic E-state index is 0.143. The minimum atomic E-state index is -0.335. The van der Waals surface area contributed by atoms with Crippen molar-refractivity contribution >= 4 is 52.3 Å². The van der Waals surface area contributed by atoms with Gasteiger partial charge in [-0.1, -0.05) is 48.9 Å². The first-order chi connectivity index (χ1) is 18.0. The minimum Gasteiger partial charge on any atom is -0.355 e. The van der Waals surface area contributed by atoms with Crippen molar-refractivity contribution in [2.24, 2.45) is 0 Å². The second-order valence-electron chi connectivity index (χ2n) is 8.50. The molecule has 10 heteroatoms. The first-order valence-corrected chi connectivity index (χ1v) is 14.1. The molecule has 1 N–H and O–H groups in total. The lowest BCUT2D eigenvalue weighted by Crippen LogP contribution is -2.42. The van der Waals surface area contributed by atoms with Crippen LogP contribution in [0.1, 0.15) is 29.7 Å². The Morgan fingerprint density at radius 3 is 2.65 bits per heavy atom. The van der Waals surface area contributed by atoms with E-state index in [1.807, 2.05) is 42.6 Å². The molecule has 0 bridgehead atoms. The largest absolute Gasteiger partial charge is 0.355 e. The summed E-state index contributed by atoms with van der Waals surface area (Å²) in [6, 6.07) is 17.5. The second-order valence-corrected chi connectivity index (χ2v) is 10.9. The van der Waals surface area contributed by atoms with Crippen LogP contribution in [0.2, 0.25) is 5.02 Å². The molecule has 6 nitrogen and oxygen atoms in total.